The van der Waals surface area contributed by atoms with Crippen molar-refractivity contribution in [2.75, 3.05) is 18.6 Å². The minimum Gasteiger partial charge on any atom is -0.314 e. The summed E-state index contributed by atoms with van der Waals surface area (Å²) in [5, 5.41) is 3.44. The predicted molar refractivity (Wildman–Crippen MR) is 60.5 cm³/mol. The zero-order valence-corrected chi connectivity index (χ0v) is 9.95. The molecule has 2 nitrogen and oxygen atoms in total. The molecule has 0 amide bonds. The summed E-state index contributed by atoms with van der Waals surface area (Å²) in [6, 6.07) is 0.616. The molecular formula is C10H23NOS. The van der Waals surface area contributed by atoms with Gasteiger partial charge in [0.15, 0.2) is 0 Å². The van der Waals surface area contributed by atoms with Gasteiger partial charge in [0.25, 0.3) is 0 Å². The molecule has 13 heavy (non-hydrogen) atoms. The molecule has 0 rings (SSSR count). The average molecular weight is 205 g/mol. The summed E-state index contributed by atoms with van der Waals surface area (Å²) in [4.78, 5) is 0. The molecule has 0 spiro atoms. The summed E-state index contributed by atoms with van der Waals surface area (Å²) in [5.74, 6) is 0.862. The van der Waals surface area contributed by atoms with E-state index in [1.807, 2.05) is 0 Å². The van der Waals surface area contributed by atoms with Crippen molar-refractivity contribution in [1.29, 1.82) is 0 Å². The molecule has 0 heterocycles. The first kappa shape index (κ1) is 13.1. The van der Waals surface area contributed by atoms with E-state index in [4.69, 9.17) is 0 Å². The summed E-state index contributed by atoms with van der Waals surface area (Å²) >= 11 is 0. The van der Waals surface area contributed by atoms with E-state index in [1.165, 1.54) is 19.3 Å². The van der Waals surface area contributed by atoms with Gasteiger partial charge in [0.2, 0.25) is 0 Å². The number of unbranched alkanes of at least 4 members (excludes halogenated alkanes) is 1. The molecule has 0 saturated carbocycles. The van der Waals surface area contributed by atoms with Gasteiger partial charge in [-0.3, -0.25) is 4.21 Å². The molecule has 0 aromatic carbocycles. The van der Waals surface area contributed by atoms with Crippen LogP contribution >= 0.6 is 0 Å². The van der Waals surface area contributed by atoms with E-state index in [0.717, 1.165) is 18.7 Å². The number of hydrogen-bond donors (Lipinski definition) is 1. The van der Waals surface area contributed by atoms with Gasteiger partial charge in [0.05, 0.1) is 0 Å². The minimum absolute atomic E-state index is 0.606. The summed E-state index contributed by atoms with van der Waals surface area (Å²) < 4.78 is 10.8. The van der Waals surface area contributed by atoms with Gasteiger partial charge in [-0.2, -0.15) is 0 Å². The van der Waals surface area contributed by atoms with Crippen molar-refractivity contribution in [2.45, 2.75) is 45.6 Å². The van der Waals surface area contributed by atoms with E-state index in [9.17, 15) is 4.21 Å². The molecule has 0 fully saturated rings. The van der Waals surface area contributed by atoms with E-state index >= 15 is 0 Å². The lowest BCUT2D eigenvalue weighted by atomic mass is 10.1. The van der Waals surface area contributed by atoms with Crippen LogP contribution in [0.1, 0.15) is 39.5 Å². The quantitative estimate of drug-likeness (QED) is 0.613. The fraction of sp³-hybridized carbons (Fsp3) is 1.00. The molecule has 0 aliphatic heterocycles. The van der Waals surface area contributed by atoms with Crippen LogP contribution in [-0.4, -0.2) is 28.8 Å². The zero-order chi connectivity index (χ0) is 10.1. The predicted octanol–water partition coefficient (Wildman–Crippen LogP) is 1.92. The molecule has 3 heteroatoms. The minimum atomic E-state index is -0.606. The van der Waals surface area contributed by atoms with E-state index in [2.05, 4.69) is 19.2 Å². The van der Waals surface area contributed by atoms with Crippen molar-refractivity contribution < 1.29 is 4.21 Å². The van der Waals surface area contributed by atoms with Crippen LogP contribution in [0, 0.1) is 0 Å². The highest BCUT2D eigenvalue weighted by molar-refractivity contribution is 7.84. The number of hydrogen-bond acceptors (Lipinski definition) is 2. The van der Waals surface area contributed by atoms with Gasteiger partial charge in [-0.25, -0.2) is 0 Å². The molecule has 2 unspecified atom stereocenters. The Kier molecular flexibility index (Phi) is 8.77. The Morgan fingerprint density at radius 2 is 2.08 bits per heavy atom. The molecule has 1 N–H and O–H groups in total. The Bertz CT molecular complexity index is 139. The Morgan fingerprint density at radius 3 is 2.62 bits per heavy atom. The van der Waals surface area contributed by atoms with Crippen LogP contribution in [0.5, 0.6) is 0 Å². The third-order valence-electron chi connectivity index (χ3n) is 2.06. The second-order valence-corrected chi connectivity index (χ2v) is 5.18. The Labute approximate surface area is 84.9 Å². The first-order valence-electron chi connectivity index (χ1n) is 5.20. The molecule has 0 aliphatic carbocycles. The molecule has 0 aliphatic rings. The molecule has 0 bridgehead atoms. The van der Waals surface area contributed by atoms with Gasteiger partial charge in [-0.1, -0.05) is 13.3 Å². The molecule has 0 saturated heterocycles. The van der Waals surface area contributed by atoms with Gasteiger partial charge in [0.1, 0.15) is 0 Å². The van der Waals surface area contributed by atoms with Gasteiger partial charge in [-0.15, -0.1) is 0 Å². The van der Waals surface area contributed by atoms with Crippen LogP contribution in [0.4, 0.5) is 0 Å². The fourth-order valence-electron chi connectivity index (χ4n) is 1.25. The summed E-state index contributed by atoms with van der Waals surface area (Å²) in [5.41, 5.74) is 0. The Morgan fingerprint density at radius 1 is 1.38 bits per heavy atom. The lowest BCUT2D eigenvalue weighted by Gasteiger charge is -2.12. The lowest BCUT2D eigenvalue weighted by Crippen LogP contribution is -2.26. The van der Waals surface area contributed by atoms with Crippen LogP contribution in [0.15, 0.2) is 0 Å². The summed E-state index contributed by atoms with van der Waals surface area (Å²) in [6.45, 7) is 5.51. The van der Waals surface area contributed by atoms with E-state index in [-0.39, 0.29) is 0 Å². The van der Waals surface area contributed by atoms with Crippen molar-refractivity contribution in [2.24, 2.45) is 0 Å². The highest BCUT2D eigenvalue weighted by atomic mass is 32.2. The number of rotatable bonds is 8. The molecule has 80 valence electrons. The zero-order valence-electron chi connectivity index (χ0n) is 9.14. The standard InChI is InChI=1S/C10H23NOS/c1-4-8-11-10(2)7-5-6-9-13(3)12/h10-11H,4-9H2,1-3H3. The monoisotopic (exact) mass is 205 g/mol. The molecule has 0 radical (unpaired) electrons. The molecule has 2 atom stereocenters. The van der Waals surface area contributed by atoms with E-state index in [1.54, 1.807) is 6.26 Å². The smallest absolute Gasteiger partial charge is 0.0232 e. The Hall–Kier alpha value is 0.110. The van der Waals surface area contributed by atoms with Crippen molar-refractivity contribution in [3.8, 4) is 0 Å². The van der Waals surface area contributed by atoms with Gasteiger partial charge >= 0.3 is 0 Å². The van der Waals surface area contributed by atoms with E-state index in [0.29, 0.717) is 6.04 Å². The molecule has 0 aromatic rings. The topological polar surface area (TPSA) is 29.1 Å². The maximum absolute atomic E-state index is 10.8. The second-order valence-electron chi connectivity index (χ2n) is 3.63. The largest absolute Gasteiger partial charge is 0.314 e. The highest BCUT2D eigenvalue weighted by Gasteiger charge is 1.99. The number of nitrogens with one attached hydrogen (secondary N) is 1. The van der Waals surface area contributed by atoms with Crippen LogP contribution in [0.2, 0.25) is 0 Å². The SMILES string of the molecule is CCCNC(C)CCCCS(C)=O. The van der Waals surface area contributed by atoms with Crippen molar-refractivity contribution in [3.05, 3.63) is 0 Å². The van der Waals surface area contributed by atoms with Crippen molar-refractivity contribution in [1.82, 2.24) is 5.32 Å². The van der Waals surface area contributed by atoms with Crippen molar-refractivity contribution >= 4 is 10.8 Å². The average Bonchev–Trinajstić information content (AvgIpc) is 2.08. The van der Waals surface area contributed by atoms with Crippen LogP contribution < -0.4 is 5.32 Å². The second kappa shape index (κ2) is 8.70. The summed E-state index contributed by atoms with van der Waals surface area (Å²) in [6.07, 6.45) is 6.47. The fourth-order valence-corrected chi connectivity index (χ4v) is 1.86. The van der Waals surface area contributed by atoms with Crippen LogP contribution in [0.3, 0.4) is 0 Å². The van der Waals surface area contributed by atoms with Crippen LogP contribution in [-0.2, 0) is 10.8 Å². The normalized spacial score (nSPS) is 15.6. The van der Waals surface area contributed by atoms with Crippen molar-refractivity contribution in [3.63, 3.8) is 0 Å². The first-order chi connectivity index (χ1) is 6.16. The van der Waals surface area contributed by atoms with Gasteiger partial charge in [0, 0.05) is 28.9 Å². The van der Waals surface area contributed by atoms with E-state index < -0.39 is 10.8 Å². The van der Waals surface area contributed by atoms with Gasteiger partial charge in [-0.05, 0) is 32.7 Å². The molecule has 0 aromatic heterocycles. The maximum atomic E-state index is 10.8. The maximum Gasteiger partial charge on any atom is 0.0232 e. The Balaban J connectivity index is 3.16. The van der Waals surface area contributed by atoms with Gasteiger partial charge < -0.3 is 5.32 Å². The van der Waals surface area contributed by atoms with Crippen LogP contribution in [0.25, 0.3) is 0 Å². The highest BCUT2D eigenvalue weighted by Crippen LogP contribution is 2.01. The lowest BCUT2D eigenvalue weighted by molar-refractivity contribution is 0.495. The third-order valence-corrected chi connectivity index (χ3v) is 2.93. The molecular weight excluding hydrogens is 182 g/mol. The first-order valence-corrected chi connectivity index (χ1v) is 6.93. The third kappa shape index (κ3) is 10.0. The summed E-state index contributed by atoms with van der Waals surface area (Å²) in [7, 11) is -0.606.